The topological polar surface area (TPSA) is 72.9 Å². The summed E-state index contributed by atoms with van der Waals surface area (Å²) < 4.78 is 0. The third-order valence-corrected chi connectivity index (χ3v) is 8.11. The van der Waals surface area contributed by atoms with Crippen molar-refractivity contribution in [3.63, 3.8) is 0 Å². The predicted molar refractivity (Wildman–Crippen MR) is 110 cm³/mol. The zero-order valence-electron chi connectivity index (χ0n) is 16.9. The number of rotatable bonds is 3. The van der Waals surface area contributed by atoms with Crippen LogP contribution in [0.1, 0.15) is 50.5 Å². The zero-order chi connectivity index (χ0) is 20.0. The molecule has 4 saturated heterocycles. The first-order valence-electron chi connectivity index (χ1n) is 11.1. The molecule has 6 heteroatoms. The minimum atomic E-state index is -0.743. The minimum Gasteiger partial charge on any atom is -0.465 e. The monoisotopic (exact) mass is 397 g/mol. The lowest BCUT2D eigenvalue weighted by molar-refractivity contribution is -0.120. The van der Waals surface area contributed by atoms with Crippen molar-refractivity contribution in [2.45, 2.75) is 75.5 Å². The number of carbonyl (C=O) groups excluding carboxylic acids is 1. The fraction of sp³-hybridized carbons (Fsp3) is 0.652. The van der Waals surface area contributed by atoms with Gasteiger partial charge in [-0.05, 0) is 63.6 Å². The number of benzene rings is 1. The van der Waals surface area contributed by atoms with Crippen molar-refractivity contribution in [3.8, 4) is 0 Å². The van der Waals surface area contributed by atoms with Gasteiger partial charge in [0, 0.05) is 36.0 Å². The highest BCUT2D eigenvalue weighted by Crippen LogP contribution is 2.45. The molecule has 2 bridgehead atoms. The van der Waals surface area contributed by atoms with Gasteiger partial charge < -0.3 is 20.2 Å². The van der Waals surface area contributed by atoms with Crippen LogP contribution < -0.4 is 5.32 Å². The second-order valence-corrected chi connectivity index (χ2v) is 9.59. The third kappa shape index (κ3) is 3.41. The minimum absolute atomic E-state index is 0.0736. The van der Waals surface area contributed by atoms with E-state index in [4.69, 9.17) is 0 Å². The Labute approximate surface area is 172 Å². The second kappa shape index (κ2) is 7.31. The Morgan fingerprint density at radius 3 is 2.34 bits per heavy atom. The summed E-state index contributed by atoms with van der Waals surface area (Å²) in [7, 11) is 0. The smallest absolute Gasteiger partial charge is 0.407 e. The Hall–Kier alpha value is -2.08. The summed E-state index contributed by atoms with van der Waals surface area (Å²) in [5.41, 5.74) is 1.36. The average molecular weight is 398 g/mol. The van der Waals surface area contributed by atoms with Crippen molar-refractivity contribution in [2.75, 3.05) is 13.1 Å². The maximum Gasteiger partial charge on any atom is 0.407 e. The van der Waals surface area contributed by atoms with Crippen molar-refractivity contribution in [3.05, 3.63) is 35.9 Å². The molecule has 4 fully saturated rings. The predicted octanol–water partition coefficient (Wildman–Crippen LogP) is 2.87. The normalized spacial score (nSPS) is 33.8. The molecule has 2 N–H and O–H groups in total. The lowest BCUT2D eigenvalue weighted by atomic mass is 9.70. The van der Waals surface area contributed by atoms with Gasteiger partial charge in [0.05, 0.1) is 0 Å². The van der Waals surface area contributed by atoms with Crippen LogP contribution in [-0.4, -0.2) is 64.2 Å². The van der Waals surface area contributed by atoms with Gasteiger partial charge in [0.1, 0.15) is 0 Å². The van der Waals surface area contributed by atoms with E-state index in [1.54, 1.807) is 4.90 Å². The van der Waals surface area contributed by atoms with Gasteiger partial charge in [-0.1, -0.05) is 30.3 Å². The Morgan fingerprint density at radius 2 is 1.72 bits per heavy atom. The number of piperidine rings is 2. The molecule has 0 radical (unpaired) electrons. The van der Waals surface area contributed by atoms with E-state index in [9.17, 15) is 14.7 Å². The fourth-order valence-electron chi connectivity index (χ4n) is 6.58. The van der Waals surface area contributed by atoms with Gasteiger partial charge in [0.2, 0.25) is 5.91 Å². The summed E-state index contributed by atoms with van der Waals surface area (Å²) in [6.07, 6.45) is 6.91. The van der Waals surface area contributed by atoms with Crippen LogP contribution in [-0.2, 0) is 11.2 Å². The Kier molecular flexibility index (Phi) is 4.77. The van der Waals surface area contributed by atoms with Crippen LogP contribution in [0.2, 0.25) is 0 Å². The molecule has 6 nitrogen and oxygen atoms in total. The van der Waals surface area contributed by atoms with Gasteiger partial charge >= 0.3 is 6.09 Å². The van der Waals surface area contributed by atoms with Gasteiger partial charge in [-0.15, -0.1) is 0 Å². The number of carbonyl (C=O) groups is 2. The first kappa shape index (κ1) is 18.9. The summed E-state index contributed by atoms with van der Waals surface area (Å²) in [6, 6.07) is 11.6. The van der Waals surface area contributed by atoms with Gasteiger partial charge in [0.15, 0.2) is 0 Å². The molecule has 29 heavy (non-hydrogen) atoms. The van der Waals surface area contributed by atoms with Crippen LogP contribution in [0.5, 0.6) is 0 Å². The Morgan fingerprint density at radius 1 is 1.07 bits per heavy atom. The molecule has 0 saturated carbocycles. The summed E-state index contributed by atoms with van der Waals surface area (Å²) in [6.45, 7) is 2.05. The van der Waals surface area contributed by atoms with Crippen molar-refractivity contribution in [2.24, 2.45) is 5.41 Å². The zero-order valence-corrected chi connectivity index (χ0v) is 16.9. The molecule has 4 heterocycles. The van der Waals surface area contributed by atoms with E-state index in [1.165, 1.54) is 5.56 Å². The SMILES string of the molecule is O=C1CC2(CCN(C3CC4CCC(C3)N4C(=O)O)CC2)C(Cc2ccccc2)N1. The first-order valence-corrected chi connectivity index (χ1v) is 11.1. The number of hydrogen-bond acceptors (Lipinski definition) is 3. The summed E-state index contributed by atoms with van der Waals surface area (Å²) in [5.74, 6) is 0.201. The lowest BCUT2D eigenvalue weighted by Gasteiger charge is -2.48. The first-order chi connectivity index (χ1) is 14.0. The fourth-order valence-corrected chi connectivity index (χ4v) is 6.58. The number of amides is 2. The number of carboxylic acid groups (broad SMARTS) is 1. The second-order valence-electron chi connectivity index (χ2n) is 9.59. The number of likely N-dealkylation sites (tertiary alicyclic amines) is 1. The lowest BCUT2D eigenvalue weighted by Crippen LogP contribution is -2.55. The molecule has 0 aromatic heterocycles. The van der Waals surface area contributed by atoms with E-state index >= 15 is 0 Å². The average Bonchev–Trinajstić information content (AvgIpc) is 3.16. The van der Waals surface area contributed by atoms with Crippen molar-refractivity contribution in [1.82, 2.24) is 15.1 Å². The molecule has 4 aliphatic heterocycles. The summed E-state index contributed by atoms with van der Waals surface area (Å²) in [4.78, 5) is 28.2. The van der Waals surface area contributed by atoms with E-state index < -0.39 is 6.09 Å². The van der Waals surface area contributed by atoms with Gasteiger partial charge in [-0.3, -0.25) is 4.79 Å². The number of nitrogens with zero attached hydrogens (tertiary/aromatic N) is 2. The van der Waals surface area contributed by atoms with Crippen LogP contribution in [0, 0.1) is 5.41 Å². The van der Waals surface area contributed by atoms with Gasteiger partial charge in [-0.2, -0.15) is 0 Å². The van der Waals surface area contributed by atoms with Crippen molar-refractivity contribution in [1.29, 1.82) is 0 Å². The van der Waals surface area contributed by atoms with Gasteiger partial charge in [0.25, 0.3) is 0 Å². The Balaban J connectivity index is 1.24. The highest BCUT2D eigenvalue weighted by atomic mass is 16.4. The van der Waals surface area contributed by atoms with Crippen LogP contribution in [0.25, 0.3) is 0 Å². The molecule has 0 aliphatic carbocycles. The quantitative estimate of drug-likeness (QED) is 0.823. The van der Waals surface area contributed by atoms with Crippen LogP contribution >= 0.6 is 0 Å². The maximum absolute atomic E-state index is 12.3. The molecule has 156 valence electrons. The largest absolute Gasteiger partial charge is 0.465 e. The van der Waals surface area contributed by atoms with Gasteiger partial charge in [-0.25, -0.2) is 4.79 Å². The number of hydrogen-bond donors (Lipinski definition) is 2. The van der Waals surface area contributed by atoms with Crippen molar-refractivity contribution >= 4 is 12.0 Å². The molecule has 1 spiro atoms. The standard InChI is InChI=1S/C23H31N3O3/c27-21-15-23(20(24-21)12-16-4-2-1-3-5-16)8-10-25(11-9-23)19-13-17-6-7-18(14-19)26(17)22(28)29/h1-5,17-20H,6-15H2,(H,24,27)(H,28,29). The van der Waals surface area contributed by atoms with E-state index in [0.717, 1.165) is 58.0 Å². The molecular formula is C23H31N3O3. The molecule has 5 rings (SSSR count). The maximum atomic E-state index is 12.3. The highest BCUT2D eigenvalue weighted by Gasteiger charge is 2.50. The molecule has 4 aliphatic rings. The van der Waals surface area contributed by atoms with Crippen molar-refractivity contribution < 1.29 is 14.7 Å². The van der Waals surface area contributed by atoms with Crippen LogP contribution in [0.3, 0.4) is 0 Å². The summed E-state index contributed by atoms with van der Waals surface area (Å²) >= 11 is 0. The summed E-state index contributed by atoms with van der Waals surface area (Å²) in [5, 5.41) is 12.8. The van der Waals surface area contributed by atoms with Crippen LogP contribution in [0.4, 0.5) is 4.79 Å². The molecule has 2 amide bonds. The highest BCUT2D eigenvalue weighted by molar-refractivity contribution is 5.80. The van der Waals surface area contributed by atoms with E-state index in [1.807, 2.05) is 6.07 Å². The number of fused-ring (bicyclic) bond motifs is 2. The van der Waals surface area contributed by atoms with E-state index in [2.05, 4.69) is 34.5 Å². The van der Waals surface area contributed by atoms with E-state index in [0.29, 0.717) is 12.5 Å². The molecule has 3 atom stereocenters. The van der Waals surface area contributed by atoms with E-state index in [-0.39, 0.29) is 29.4 Å². The molecular weight excluding hydrogens is 366 g/mol. The Bertz CT molecular complexity index is 761. The van der Waals surface area contributed by atoms with Crippen LogP contribution in [0.15, 0.2) is 30.3 Å². The molecule has 1 aromatic rings. The third-order valence-electron chi connectivity index (χ3n) is 8.11. The molecule has 1 aromatic carbocycles. The molecule has 3 unspecified atom stereocenters. The number of nitrogens with one attached hydrogen (secondary N) is 1.